The summed E-state index contributed by atoms with van der Waals surface area (Å²) in [5.74, 6) is -0.735. The lowest BCUT2D eigenvalue weighted by molar-refractivity contribution is -0.135. The van der Waals surface area contributed by atoms with E-state index in [0.717, 1.165) is 40.2 Å². The van der Waals surface area contributed by atoms with Gasteiger partial charge in [0.25, 0.3) is 11.1 Å². The molecule has 0 bridgehead atoms. The number of ether oxygens (including phenoxy) is 1. The molecular weight excluding hydrogens is 481 g/mol. The standard InChI is InChI=1S/C27H26FN3O4S/c1-2-19-4-3-5-22-20(16-30(25(19)22)17-24(32)29-10-12-35-13-11-29)14-23-26(33)31(27(34)36-23)15-18-6-8-21(28)9-7-18/h3-9,14,16H,2,10-13,15,17H2,1H3/b23-14-. The maximum absolute atomic E-state index is 13.2. The van der Waals surface area contributed by atoms with Crippen LogP contribution in [0.2, 0.25) is 0 Å². The molecule has 186 valence electrons. The largest absolute Gasteiger partial charge is 0.378 e. The molecule has 0 N–H and O–H groups in total. The van der Waals surface area contributed by atoms with Crippen molar-refractivity contribution in [3.05, 3.63) is 76.1 Å². The molecule has 7 nitrogen and oxygen atoms in total. The van der Waals surface area contributed by atoms with Gasteiger partial charge in [-0.05, 0) is 47.5 Å². The Morgan fingerprint density at radius 2 is 1.86 bits per heavy atom. The summed E-state index contributed by atoms with van der Waals surface area (Å²) in [5, 5.41) is 0.561. The normalized spacial score (nSPS) is 17.6. The quantitative estimate of drug-likeness (QED) is 0.462. The molecule has 1 aromatic heterocycles. The fraction of sp³-hybridized carbons (Fsp3) is 0.296. The number of para-hydroxylation sites is 1. The lowest BCUT2D eigenvalue weighted by Gasteiger charge is -2.27. The number of nitrogens with zero attached hydrogens (tertiary/aromatic N) is 3. The van der Waals surface area contributed by atoms with Gasteiger partial charge < -0.3 is 14.2 Å². The van der Waals surface area contributed by atoms with Gasteiger partial charge in [-0.1, -0.05) is 37.3 Å². The van der Waals surface area contributed by atoms with E-state index >= 15 is 0 Å². The summed E-state index contributed by atoms with van der Waals surface area (Å²) >= 11 is 0.890. The summed E-state index contributed by atoms with van der Waals surface area (Å²) in [5.41, 5.74) is 3.51. The first-order valence-electron chi connectivity index (χ1n) is 11.9. The molecule has 2 aliphatic rings. The Bertz CT molecular complexity index is 1360. The number of thioether (sulfide) groups is 1. The van der Waals surface area contributed by atoms with Gasteiger partial charge in [-0.25, -0.2) is 4.39 Å². The minimum Gasteiger partial charge on any atom is -0.378 e. The summed E-state index contributed by atoms with van der Waals surface area (Å²) in [6, 6.07) is 11.7. The summed E-state index contributed by atoms with van der Waals surface area (Å²) in [6.07, 6.45) is 4.41. The van der Waals surface area contributed by atoms with Crippen LogP contribution in [0.1, 0.15) is 23.6 Å². The average Bonchev–Trinajstić information content (AvgIpc) is 3.37. The highest BCUT2D eigenvalue weighted by molar-refractivity contribution is 8.18. The van der Waals surface area contributed by atoms with Crippen LogP contribution in [0, 0.1) is 5.82 Å². The number of fused-ring (bicyclic) bond motifs is 1. The molecule has 9 heteroatoms. The smallest absolute Gasteiger partial charge is 0.293 e. The van der Waals surface area contributed by atoms with E-state index in [1.165, 1.54) is 17.0 Å². The van der Waals surface area contributed by atoms with E-state index in [4.69, 9.17) is 4.74 Å². The number of benzene rings is 2. The van der Waals surface area contributed by atoms with Crippen LogP contribution in [0.25, 0.3) is 17.0 Å². The summed E-state index contributed by atoms with van der Waals surface area (Å²) in [6.45, 7) is 4.57. The number of carbonyl (C=O) groups excluding carboxylic acids is 3. The number of amides is 3. The summed E-state index contributed by atoms with van der Waals surface area (Å²) < 4.78 is 20.5. The molecule has 2 aliphatic heterocycles. The molecule has 2 aromatic carbocycles. The van der Waals surface area contributed by atoms with Crippen LogP contribution in [0.4, 0.5) is 9.18 Å². The van der Waals surface area contributed by atoms with E-state index < -0.39 is 0 Å². The molecule has 2 saturated heterocycles. The van der Waals surface area contributed by atoms with Crippen LogP contribution < -0.4 is 0 Å². The molecule has 5 rings (SSSR count). The minimum atomic E-state index is -0.383. The highest BCUT2D eigenvalue weighted by atomic mass is 32.2. The molecule has 0 spiro atoms. The molecule has 0 radical (unpaired) electrons. The molecule has 3 aromatic rings. The van der Waals surface area contributed by atoms with E-state index in [0.29, 0.717) is 36.8 Å². The highest BCUT2D eigenvalue weighted by Gasteiger charge is 2.35. The number of halogens is 1. The van der Waals surface area contributed by atoms with Crippen LogP contribution in [-0.4, -0.2) is 57.7 Å². The number of aryl methyl sites for hydroxylation is 1. The molecular formula is C27H26FN3O4S. The van der Waals surface area contributed by atoms with Crippen LogP contribution in [0.15, 0.2) is 53.6 Å². The van der Waals surface area contributed by atoms with Crippen molar-refractivity contribution in [2.24, 2.45) is 0 Å². The van der Waals surface area contributed by atoms with Gasteiger partial charge in [0.2, 0.25) is 5.91 Å². The topological polar surface area (TPSA) is 71.9 Å². The van der Waals surface area contributed by atoms with E-state index in [-0.39, 0.29) is 36.0 Å². The van der Waals surface area contributed by atoms with Crippen molar-refractivity contribution in [1.82, 2.24) is 14.4 Å². The number of hydrogen-bond acceptors (Lipinski definition) is 5. The van der Waals surface area contributed by atoms with Gasteiger partial charge in [0.15, 0.2) is 0 Å². The van der Waals surface area contributed by atoms with Crippen molar-refractivity contribution in [3.63, 3.8) is 0 Å². The number of morpholine rings is 1. The van der Waals surface area contributed by atoms with Gasteiger partial charge in [0.1, 0.15) is 12.4 Å². The first-order valence-corrected chi connectivity index (χ1v) is 12.7. The van der Waals surface area contributed by atoms with Crippen molar-refractivity contribution >= 4 is 45.8 Å². The highest BCUT2D eigenvalue weighted by Crippen LogP contribution is 2.35. The molecule has 36 heavy (non-hydrogen) atoms. The van der Waals surface area contributed by atoms with Gasteiger partial charge in [0, 0.05) is 30.2 Å². The zero-order valence-electron chi connectivity index (χ0n) is 19.9. The number of imide groups is 1. The summed E-state index contributed by atoms with van der Waals surface area (Å²) in [4.78, 5) is 42.0. The predicted molar refractivity (Wildman–Crippen MR) is 137 cm³/mol. The van der Waals surface area contributed by atoms with E-state index in [1.807, 2.05) is 33.9 Å². The van der Waals surface area contributed by atoms with Crippen molar-refractivity contribution < 1.29 is 23.5 Å². The Morgan fingerprint density at radius 3 is 2.58 bits per heavy atom. The Kier molecular flexibility index (Phi) is 6.93. The second-order valence-corrected chi connectivity index (χ2v) is 9.76. The van der Waals surface area contributed by atoms with Crippen LogP contribution in [0.3, 0.4) is 0 Å². The predicted octanol–water partition coefficient (Wildman–Crippen LogP) is 4.44. The molecule has 0 unspecified atom stereocenters. The lowest BCUT2D eigenvalue weighted by Crippen LogP contribution is -2.42. The van der Waals surface area contributed by atoms with Crippen LogP contribution in [-0.2, 0) is 33.8 Å². The molecule has 3 heterocycles. The third-order valence-corrected chi connectivity index (χ3v) is 7.38. The first kappa shape index (κ1) is 24.3. The van der Waals surface area contributed by atoms with E-state index in [1.54, 1.807) is 18.2 Å². The fourth-order valence-corrected chi connectivity index (χ4v) is 5.43. The second-order valence-electron chi connectivity index (χ2n) is 8.77. The van der Waals surface area contributed by atoms with Gasteiger partial charge in [-0.3, -0.25) is 19.3 Å². The Hall–Kier alpha value is -3.43. The first-order chi connectivity index (χ1) is 17.4. The number of carbonyl (C=O) groups is 3. The summed E-state index contributed by atoms with van der Waals surface area (Å²) in [7, 11) is 0. The third kappa shape index (κ3) is 4.81. The monoisotopic (exact) mass is 507 g/mol. The van der Waals surface area contributed by atoms with Crippen LogP contribution >= 0.6 is 11.8 Å². The average molecular weight is 508 g/mol. The fourth-order valence-electron chi connectivity index (χ4n) is 4.60. The van der Waals surface area contributed by atoms with E-state index in [2.05, 4.69) is 6.92 Å². The van der Waals surface area contributed by atoms with Gasteiger partial charge in [-0.15, -0.1) is 0 Å². The van der Waals surface area contributed by atoms with Crippen molar-refractivity contribution in [2.75, 3.05) is 26.3 Å². The Balaban J connectivity index is 1.45. The minimum absolute atomic E-state index is 0.0206. The third-order valence-electron chi connectivity index (χ3n) is 6.48. The van der Waals surface area contributed by atoms with E-state index in [9.17, 15) is 18.8 Å². The van der Waals surface area contributed by atoms with Gasteiger partial charge in [-0.2, -0.15) is 0 Å². The molecule has 0 saturated carbocycles. The van der Waals surface area contributed by atoms with Crippen molar-refractivity contribution in [3.8, 4) is 0 Å². The zero-order chi connectivity index (χ0) is 25.2. The van der Waals surface area contributed by atoms with Gasteiger partial charge in [0.05, 0.1) is 30.2 Å². The molecule has 3 amide bonds. The molecule has 2 fully saturated rings. The maximum atomic E-state index is 13.2. The van der Waals surface area contributed by atoms with Crippen LogP contribution in [0.5, 0.6) is 0 Å². The number of aromatic nitrogens is 1. The van der Waals surface area contributed by atoms with Crippen molar-refractivity contribution in [1.29, 1.82) is 0 Å². The molecule has 0 aliphatic carbocycles. The zero-order valence-corrected chi connectivity index (χ0v) is 20.7. The SMILES string of the molecule is CCc1cccc2c(/C=C3\SC(=O)N(Cc4ccc(F)cc4)C3=O)cn(CC(=O)N3CCOCC3)c12. The van der Waals surface area contributed by atoms with Gasteiger partial charge >= 0.3 is 0 Å². The molecule has 0 atom stereocenters. The Labute approximate surface area is 212 Å². The van der Waals surface area contributed by atoms with Crippen molar-refractivity contribution in [2.45, 2.75) is 26.4 Å². The Morgan fingerprint density at radius 1 is 1.11 bits per heavy atom. The second kappa shape index (κ2) is 10.3. The lowest BCUT2D eigenvalue weighted by atomic mass is 10.1. The number of hydrogen-bond donors (Lipinski definition) is 0. The number of rotatable bonds is 6. The maximum Gasteiger partial charge on any atom is 0.293 e.